The van der Waals surface area contributed by atoms with Crippen molar-refractivity contribution in [3.8, 4) is 0 Å². The highest BCUT2D eigenvalue weighted by Gasteiger charge is 2.30. The average Bonchev–Trinajstić information content (AvgIpc) is 2.37. The Balaban J connectivity index is 2.48. The normalized spacial score (nSPS) is 15.2. The summed E-state index contributed by atoms with van der Waals surface area (Å²) in [5, 5.41) is 3.42. The van der Waals surface area contributed by atoms with E-state index in [0.29, 0.717) is 6.04 Å². The van der Waals surface area contributed by atoms with Crippen LogP contribution in [0.5, 0.6) is 0 Å². The van der Waals surface area contributed by atoms with Crippen LogP contribution in [-0.2, 0) is 11.2 Å². The fourth-order valence-electron chi connectivity index (χ4n) is 2.74. The van der Waals surface area contributed by atoms with E-state index in [4.69, 9.17) is 4.74 Å². The Morgan fingerprint density at radius 2 is 1.79 bits per heavy atom. The molecular weight excluding hydrogens is 234 g/mol. The summed E-state index contributed by atoms with van der Waals surface area (Å²) in [6, 6.07) is 11.1. The number of likely N-dealkylation sites (N-methyl/N-ethyl adjacent to an activating group) is 1. The molecule has 108 valence electrons. The van der Waals surface area contributed by atoms with Gasteiger partial charge in [0.1, 0.15) is 0 Å². The Bertz CT molecular complexity index is 342. The lowest BCUT2D eigenvalue weighted by molar-refractivity contribution is -0.0117. The van der Waals surface area contributed by atoms with Gasteiger partial charge in [-0.25, -0.2) is 0 Å². The highest BCUT2D eigenvalue weighted by atomic mass is 16.5. The maximum Gasteiger partial charge on any atom is 0.0772 e. The molecule has 0 radical (unpaired) electrons. The maximum absolute atomic E-state index is 5.71. The van der Waals surface area contributed by atoms with Crippen LogP contribution < -0.4 is 5.32 Å². The van der Waals surface area contributed by atoms with Crippen LogP contribution in [0.2, 0.25) is 0 Å². The van der Waals surface area contributed by atoms with Crippen LogP contribution in [0.25, 0.3) is 0 Å². The van der Waals surface area contributed by atoms with E-state index in [-0.39, 0.29) is 11.5 Å². The highest BCUT2D eigenvalue weighted by Crippen LogP contribution is 2.26. The van der Waals surface area contributed by atoms with Gasteiger partial charge in [0.05, 0.1) is 6.10 Å². The largest absolute Gasteiger partial charge is 0.379 e. The first kappa shape index (κ1) is 16.2. The van der Waals surface area contributed by atoms with E-state index in [9.17, 15) is 0 Å². The van der Waals surface area contributed by atoms with Crippen molar-refractivity contribution in [2.75, 3.05) is 14.2 Å². The zero-order valence-electron chi connectivity index (χ0n) is 13.1. The van der Waals surface area contributed by atoms with Crippen LogP contribution in [0.4, 0.5) is 0 Å². The standard InChI is InChI=1S/C17H29NO/c1-17(2,3)16(19-5)15(18-4)13-9-12-14-10-7-6-8-11-14/h6-8,10-11,15-16,18H,9,12-13H2,1-5H3. The summed E-state index contributed by atoms with van der Waals surface area (Å²) in [7, 11) is 3.85. The molecule has 0 fully saturated rings. The molecule has 1 rings (SSSR count). The zero-order valence-corrected chi connectivity index (χ0v) is 13.1. The Morgan fingerprint density at radius 3 is 2.26 bits per heavy atom. The first-order valence-corrected chi connectivity index (χ1v) is 7.23. The smallest absolute Gasteiger partial charge is 0.0772 e. The number of aryl methyl sites for hydroxylation is 1. The summed E-state index contributed by atoms with van der Waals surface area (Å²) in [4.78, 5) is 0. The summed E-state index contributed by atoms with van der Waals surface area (Å²) < 4.78 is 5.71. The lowest BCUT2D eigenvalue weighted by Crippen LogP contribution is -2.46. The predicted octanol–water partition coefficient (Wildman–Crippen LogP) is 3.66. The Labute approximate surface area is 118 Å². The summed E-state index contributed by atoms with van der Waals surface area (Å²) in [5.74, 6) is 0. The average molecular weight is 263 g/mol. The van der Waals surface area contributed by atoms with Crippen molar-refractivity contribution < 1.29 is 4.74 Å². The fraction of sp³-hybridized carbons (Fsp3) is 0.647. The molecule has 0 saturated carbocycles. The van der Waals surface area contributed by atoms with Crippen molar-refractivity contribution in [1.29, 1.82) is 0 Å². The molecule has 2 nitrogen and oxygen atoms in total. The number of ether oxygens (including phenoxy) is 1. The van der Waals surface area contributed by atoms with Gasteiger partial charge in [-0.2, -0.15) is 0 Å². The van der Waals surface area contributed by atoms with E-state index in [1.807, 2.05) is 14.2 Å². The number of nitrogens with one attached hydrogen (secondary N) is 1. The fourth-order valence-corrected chi connectivity index (χ4v) is 2.74. The molecule has 2 heteroatoms. The van der Waals surface area contributed by atoms with Crippen LogP contribution in [0.15, 0.2) is 30.3 Å². The van der Waals surface area contributed by atoms with Crippen LogP contribution >= 0.6 is 0 Å². The predicted molar refractivity (Wildman–Crippen MR) is 82.5 cm³/mol. The van der Waals surface area contributed by atoms with Crippen molar-refractivity contribution in [2.24, 2.45) is 5.41 Å². The molecule has 2 atom stereocenters. The van der Waals surface area contributed by atoms with Gasteiger partial charge in [-0.3, -0.25) is 0 Å². The molecule has 1 N–H and O–H groups in total. The van der Waals surface area contributed by atoms with Crippen molar-refractivity contribution in [1.82, 2.24) is 5.32 Å². The van der Waals surface area contributed by atoms with Gasteiger partial charge >= 0.3 is 0 Å². The summed E-state index contributed by atoms with van der Waals surface area (Å²) >= 11 is 0. The molecule has 0 saturated heterocycles. The molecule has 0 heterocycles. The van der Waals surface area contributed by atoms with Crippen LogP contribution in [0.3, 0.4) is 0 Å². The number of hydrogen-bond acceptors (Lipinski definition) is 2. The van der Waals surface area contributed by atoms with Gasteiger partial charge in [-0.15, -0.1) is 0 Å². The molecule has 1 aromatic carbocycles. The number of hydrogen-bond donors (Lipinski definition) is 1. The topological polar surface area (TPSA) is 21.3 Å². The molecule has 0 amide bonds. The number of rotatable bonds is 7. The second-order valence-corrected chi connectivity index (χ2v) is 6.30. The molecule has 0 aliphatic rings. The molecule has 1 aromatic rings. The minimum absolute atomic E-state index is 0.162. The van der Waals surface area contributed by atoms with Crippen LogP contribution in [0, 0.1) is 5.41 Å². The Kier molecular flexibility index (Phi) is 6.53. The highest BCUT2D eigenvalue weighted by molar-refractivity contribution is 5.14. The second-order valence-electron chi connectivity index (χ2n) is 6.30. The second kappa shape index (κ2) is 7.66. The summed E-state index contributed by atoms with van der Waals surface area (Å²) in [5.41, 5.74) is 1.58. The van der Waals surface area contributed by atoms with Gasteiger partial charge in [0.15, 0.2) is 0 Å². The van der Waals surface area contributed by atoms with Crippen LogP contribution in [0.1, 0.15) is 39.2 Å². The molecule has 0 aliphatic carbocycles. The van der Waals surface area contributed by atoms with E-state index in [2.05, 4.69) is 56.4 Å². The van der Waals surface area contributed by atoms with Crippen molar-refractivity contribution >= 4 is 0 Å². The van der Waals surface area contributed by atoms with Gasteiger partial charge in [0, 0.05) is 13.2 Å². The quantitative estimate of drug-likeness (QED) is 0.810. The van der Waals surface area contributed by atoms with E-state index in [0.717, 1.165) is 12.8 Å². The van der Waals surface area contributed by atoms with Crippen molar-refractivity contribution in [3.05, 3.63) is 35.9 Å². The van der Waals surface area contributed by atoms with Gasteiger partial charge in [0.2, 0.25) is 0 Å². The lowest BCUT2D eigenvalue weighted by Gasteiger charge is -2.36. The monoisotopic (exact) mass is 263 g/mol. The van der Waals surface area contributed by atoms with Gasteiger partial charge in [-0.1, -0.05) is 51.1 Å². The van der Waals surface area contributed by atoms with Crippen LogP contribution in [-0.4, -0.2) is 26.3 Å². The summed E-state index contributed by atoms with van der Waals surface area (Å²) in [6.07, 6.45) is 3.71. The zero-order chi connectivity index (χ0) is 14.3. The third-order valence-electron chi connectivity index (χ3n) is 3.67. The number of benzene rings is 1. The third kappa shape index (κ3) is 5.33. The molecular formula is C17H29NO. The summed E-state index contributed by atoms with van der Waals surface area (Å²) in [6.45, 7) is 6.72. The van der Waals surface area contributed by atoms with Crippen molar-refractivity contribution in [2.45, 2.75) is 52.2 Å². The van der Waals surface area contributed by atoms with E-state index in [1.54, 1.807) is 0 Å². The van der Waals surface area contributed by atoms with E-state index in [1.165, 1.54) is 12.0 Å². The minimum atomic E-state index is 0.162. The maximum atomic E-state index is 5.71. The van der Waals surface area contributed by atoms with E-state index < -0.39 is 0 Å². The SMILES string of the molecule is CNC(CCCc1ccccc1)C(OC)C(C)(C)C. The van der Waals surface area contributed by atoms with Gasteiger partial charge in [0.25, 0.3) is 0 Å². The Morgan fingerprint density at radius 1 is 1.16 bits per heavy atom. The molecule has 0 bridgehead atoms. The molecule has 19 heavy (non-hydrogen) atoms. The Hall–Kier alpha value is -0.860. The first-order chi connectivity index (χ1) is 8.99. The third-order valence-corrected chi connectivity index (χ3v) is 3.67. The van der Waals surface area contributed by atoms with Gasteiger partial charge in [-0.05, 0) is 37.3 Å². The molecule has 0 aliphatic heterocycles. The molecule has 0 aromatic heterocycles. The number of methoxy groups -OCH3 is 1. The minimum Gasteiger partial charge on any atom is -0.379 e. The van der Waals surface area contributed by atoms with Gasteiger partial charge < -0.3 is 10.1 Å². The van der Waals surface area contributed by atoms with E-state index >= 15 is 0 Å². The lowest BCUT2D eigenvalue weighted by atomic mass is 9.82. The molecule has 0 spiro atoms. The first-order valence-electron chi connectivity index (χ1n) is 7.23. The molecule has 2 unspecified atom stereocenters. The van der Waals surface area contributed by atoms with Crippen molar-refractivity contribution in [3.63, 3.8) is 0 Å².